The summed E-state index contributed by atoms with van der Waals surface area (Å²) in [7, 11) is 2.03. The first-order valence-corrected chi connectivity index (χ1v) is 7.42. The molecule has 122 valence electrons. The first-order chi connectivity index (χ1) is 10.3. The predicted octanol–water partition coefficient (Wildman–Crippen LogP) is 2.74. The third kappa shape index (κ3) is 5.11. The van der Waals surface area contributed by atoms with Crippen molar-refractivity contribution < 1.29 is 19.0 Å². The van der Waals surface area contributed by atoms with E-state index in [4.69, 9.17) is 14.2 Å². The molecule has 1 aliphatic heterocycles. The van der Waals surface area contributed by atoms with Crippen LogP contribution in [0, 0.1) is 0 Å². The van der Waals surface area contributed by atoms with Gasteiger partial charge in [-0.2, -0.15) is 0 Å². The first-order valence-electron chi connectivity index (χ1n) is 7.42. The molecule has 0 saturated carbocycles. The Kier molecular flexibility index (Phi) is 5.13. The summed E-state index contributed by atoms with van der Waals surface area (Å²) >= 11 is 0. The van der Waals surface area contributed by atoms with Crippen molar-refractivity contribution in [1.82, 2.24) is 4.90 Å². The van der Waals surface area contributed by atoms with Crippen LogP contribution in [0.15, 0.2) is 18.2 Å². The maximum Gasteiger partial charge on any atom is 0.412 e. The molecule has 1 aliphatic rings. The topological polar surface area (TPSA) is 60.0 Å². The molecule has 0 spiro atoms. The summed E-state index contributed by atoms with van der Waals surface area (Å²) in [6.07, 6.45) is -0.490. The van der Waals surface area contributed by atoms with E-state index in [0.717, 1.165) is 13.1 Å². The monoisotopic (exact) mass is 308 g/mol. The molecule has 6 heteroatoms. The molecule has 6 nitrogen and oxygen atoms in total. The van der Waals surface area contributed by atoms with Gasteiger partial charge in [-0.25, -0.2) is 4.79 Å². The Hall–Kier alpha value is -1.95. The van der Waals surface area contributed by atoms with Gasteiger partial charge in [0, 0.05) is 24.8 Å². The number of rotatable bonds is 1. The number of amides is 1. The van der Waals surface area contributed by atoms with Gasteiger partial charge >= 0.3 is 6.09 Å². The Bertz CT molecular complexity index is 525. The highest BCUT2D eigenvalue weighted by Crippen LogP contribution is 2.31. The Morgan fingerprint density at radius 2 is 1.82 bits per heavy atom. The van der Waals surface area contributed by atoms with Crippen LogP contribution in [0.1, 0.15) is 20.8 Å². The summed E-state index contributed by atoms with van der Waals surface area (Å²) < 4.78 is 16.7. The second-order valence-electron chi connectivity index (χ2n) is 6.29. The molecule has 0 saturated heterocycles. The lowest BCUT2D eigenvalue weighted by molar-refractivity contribution is 0.0636. The minimum Gasteiger partial charge on any atom is -0.488 e. The summed E-state index contributed by atoms with van der Waals surface area (Å²) in [6.45, 7) is 8.32. The van der Waals surface area contributed by atoms with E-state index >= 15 is 0 Å². The first kappa shape index (κ1) is 16.4. The SMILES string of the molecule is CN1CCOc2ccc(NC(=O)OC(C)(C)C)cc2OCC1. The zero-order valence-corrected chi connectivity index (χ0v) is 13.6. The van der Waals surface area contributed by atoms with Crippen LogP contribution in [0.25, 0.3) is 0 Å². The van der Waals surface area contributed by atoms with Gasteiger partial charge in [0.05, 0.1) is 0 Å². The van der Waals surface area contributed by atoms with Crippen LogP contribution in [0.2, 0.25) is 0 Å². The lowest BCUT2D eigenvalue weighted by atomic mass is 10.2. The Labute approximate surface area is 131 Å². The number of hydrogen-bond donors (Lipinski definition) is 1. The standard InChI is InChI=1S/C16H24N2O4/c1-16(2,3)22-15(19)17-12-5-6-13-14(11-12)21-10-8-18(4)7-9-20-13/h5-6,11H,7-10H2,1-4H3,(H,17,19). The van der Waals surface area contributed by atoms with Crippen LogP contribution in [-0.2, 0) is 4.74 Å². The van der Waals surface area contributed by atoms with E-state index in [2.05, 4.69) is 10.2 Å². The van der Waals surface area contributed by atoms with Gasteiger partial charge in [0.2, 0.25) is 0 Å². The number of anilines is 1. The molecule has 0 aliphatic carbocycles. The van der Waals surface area contributed by atoms with E-state index in [1.165, 1.54) is 0 Å². The molecule has 0 unspecified atom stereocenters. The molecule has 0 bridgehead atoms. The zero-order valence-electron chi connectivity index (χ0n) is 13.6. The summed E-state index contributed by atoms with van der Waals surface area (Å²) in [5.74, 6) is 1.31. The van der Waals surface area contributed by atoms with E-state index in [1.54, 1.807) is 18.2 Å². The van der Waals surface area contributed by atoms with Gasteiger partial charge < -0.3 is 14.2 Å². The largest absolute Gasteiger partial charge is 0.488 e. The average molecular weight is 308 g/mol. The number of benzene rings is 1. The number of likely N-dealkylation sites (N-methyl/N-ethyl adjacent to an activating group) is 1. The van der Waals surface area contributed by atoms with Crippen molar-refractivity contribution in [3.8, 4) is 11.5 Å². The fourth-order valence-electron chi connectivity index (χ4n) is 1.97. The maximum atomic E-state index is 11.8. The number of nitrogens with zero attached hydrogens (tertiary/aromatic N) is 1. The number of carbonyl (C=O) groups excluding carboxylic acids is 1. The molecule has 0 radical (unpaired) electrons. The van der Waals surface area contributed by atoms with Crippen molar-refractivity contribution in [2.75, 3.05) is 38.7 Å². The summed E-state index contributed by atoms with van der Waals surface area (Å²) in [5.41, 5.74) is 0.0831. The molecule has 1 amide bonds. The number of ether oxygens (including phenoxy) is 3. The quantitative estimate of drug-likeness (QED) is 0.864. The van der Waals surface area contributed by atoms with E-state index in [9.17, 15) is 4.79 Å². The van der Waals surface area contributed by atoms with Crippen molar-refractivity contribution in [3.63, 3.8) is 0 Å². The van der Waals surface area contributed by atoms with Crippen molar-refractivity contribution in [3.05, 3.63) is 18.2 Å². The highest BCUT2D eigenvalue weighted by molar-refractivity contribution is 5.85. The second-order valence-corrected chi connectivity index (χ2v) is 6.29. The molecule has 1 N–H and O–H groups in total. The lowest BCUT2D eigenvalue weighted by Crippen LogP contribution is -2.27. The number of carbonyl (C=O) groups is 1. The number of hydrogen-bond acceptors (Lipinski definition) is 5. The lowest BCUT2D eigenvalue weighted by Gasteiger charge is -2.20. The van der Waals surface area contributed by atoms with Crippen LogP contribution in [-0.4, -0.2) is 49.9 Å². The van der Waals surface area contributed by atoms with Gasteiger partial charge in [0.1, 0.15) is 18.8 Å². The van der Waals surface area contributed by atoms with Crippen LogP contribution >= 0.6 is 0 Å². The van der Waals surface area contributed by atoms with E-state index in [0.29, 0.717) is 30.4 Å². The number of nitrogens with one attached hydrogen (secondary N) is 1. The van der Waals surface area contributed by atoms with E-state index in [1.807, 2.05) is 27.8 Å². The van der Waals surface area contributed by atoms with Gasteiger partial charge in [0.25, 0.3) is 0 Å². The van der Waals surface area contributed by atoms with Gasteiger partial charge in [-0.15, -0.1) is 0 Å². The third-order valence-electron chi connectivity index (χ3n) is 3.05. The van der Waals surface area contributed by atoms with Gasteiger partial charge in [0.15, 0.2) is 11.5 Å². The van der Waals surface area contributed by atoms with E-state index in [-0.39, 0.29) is 0 Å². The summed E-state index contributed by atoms with van der Waals surface area (Å²) in [5, 5.41) is 2.70. The maximum absolute atomic E-state index is 11.8. The predicted molar refractivity (Wildman–Crippen MR) is 84.8 cm³/mol. The van der Waals surface area contributed by atoms with Crippen LogP contribution < -0.4 is 14.8 Å². The highest BCUT2D eigenvalue weighted by atomic mass is 16.6. The summed E-state index contributed by atoms with van der Waals surface area (Å²) in [6, 6.07) is 5.33. The van der Waals surface area contributed by atoms with Crippen molar-refractivity contribution in [2.45, 2.75) is 26.4 Å². The molecule has 0 fully saturated rings. The molecular weight excluding hydrogens is 284 g/mol. The van der Waals surface area contributed by atoms with Crippen LogP contribution in [0.4, 0.5) is 10.5 Å². The molecule has 0 aromatic heterocycles. The Morgan fingerprint density at radius 3 is 2.45 bits per heavy atom. The van der Waals surface area contributed by atoms with Gasteiger partial charge in [-0.05, 0) is 40.0 Å². The van der Waals surface area contributed by atoms with Crippen molar-refractivity contribution in [1.29, 1.82) is 0 Å². The fourth-order valence-corrected chi connectivity index (χ4v) is 1.97. The molecule has 0 atom stereocenters. The third-order valence-corrected chi connectivity index (χ3v) is 3.05. The highest BCUT2D eigenvalue weighted by Gasteiger charge is 2.17. The molecular formula is C16H24N2O4. The van der Waals surface area contributed by atoms with Crippen LogP contribution in [0.5, 0.6) is 11.5 Å². The van der Waals surface area contributed by atoms with Crippen molar-refractivity contribution >= 4 is 11.8 Å². The number of fused-ring (bicyclic) bond motifs is 1. The molecule has 22 heavy (non-hydrogen) atoms. The minimum absolute atomic E-state index is 0.490. The Balaban J connectivity index is 2.06. The molecule has 2 rings (SSSR count). The fraction of sp³-hybridized carbons (Fsp3) is 0.562. The minimum atomic E-state index is -0.532. The second kappa shape index (κ2) is 6.87. The zero-order chi connectivity index (χ0) is 16.2. The molecule has 1 aromatic carbocycles. The van der Waals surface area contributed by atoms with E-state index < -0.39 is 11.7 Å². The smallest absolute Gasteiger partial charge is 0.412 e. The Morgan fingerprint density at radius 1 is 1.18 bits per heavy atom. The summed E-state index contributed by atoms with van der Waals surface area (Å²) in [4.78, 5) is 13.9. The molecule has 1 aromatic rings. The normalized spacial score (nSPS) is 16.2. The van der Waals surface area contributed by atoms with Gasteiger partial charge in [-0.3, -0.25) is 10.2 Å². The van der Waals surface area contributed by atoms with Gasteiger partial charge in [-0.1, -0.05) is 0 Å². The van der Waals surface area contributed by atoms with Crippen LogP contribution in [0.3, 0.4) is 0 Å². The average Bonchev–Trinajstić information content (AvgIpc) is 2.46. The van der Waals surface area contributed by atoms with Crippen molar-refractivity contribution in [2.24, 2.45) is 0 Å². The molecule has 1 heterocycles.